The van der Waals surface area contributed by atoms with Crippen molar-refractivity contribution in [2.24, 2.45) is 23.7 Å². The number of rotatable bonds is 18. The molecule has 2 aliphatic heterocycles. The van der Waals surface area contributed by atoms with Gasteiger partial charge in [0.15, 0.2) is 12.2 Å². The Labute approximate surface area is 382 Å². The first kappa shape index (κ1) is 50.2. The van der Waals surface area contributed by atoms with E-state index in [2.05, 4.69) is 13.2 Å². The number of hydrogen-bond donors (Lipinski definition) is 0. The number of carbonyl (C=O) groups excluding carboxylic acids is 8. The van der Waals surface area contributed by atoms with Crippen molar-refractivity contribution in [2.75, 3.05) is 39.6 Å². The molecule has 20 nitrogen and oxygen atoms in total. The molecule has 4 saturated carbocycles. The molecule has 2 heterocycles. The van der Waals surface area contributed by atoms with E-state index in [1.165, 1.54) is 0 Å². The van der Waals surface area contributed by atoms with Crippen molar-refractivity contribution in [3.8, 4) is 0 Å². The first-order chi connectivity index (χ1) is 31.9. The molecule has 6 fully saturated rings. The van der Waals surface area contributed by atoms with Crippen molar-refractivity contribution in [2.45, 2.75) is 152 Å². The van der Waals surface area contributed by atoms with Crippen molar-refractivity contribution < 1.29 is 95.2 Å². The SMILES string of the molecule is C=CC(=O)OCCOC(=O)OC1CCC(C(=O)OC2CCC(C(=O)O[C@H]3CO[C@H]4[C@@H]3OC[C@H]4OC(=O)C3CCC(OC(=O)C4CCC(OC(=O)OCCOC(=O)C=C)CC4)CC3)CC2)CC1. The summed E-state index contributed by atoms with van der Waals surface area (Å²) in [7, 11) is 0. The molecule has 0 radical (unpaired) electrons. The van der Waals surface area contributed by atoms with E-state index in [1.54, 1.807) is 0 Å². The van der Waals surface area contributed by atoms with Gasteiger partial charge in [-0.15, -0.1) is 0 Å². The maximum absolute atomic E-state index is 13.2. The van der Waals surface area contributed by atoms with Gasteiger partial charge < -0.3 is 56.8 Å². The zero-order chi connectivity index (χ0) is 47.0. The van der Waals surface area contributed by atoms with Gasteiger partial charge in [-0.3, -0.25) is 19.2 Å². The minimum atomic E-state index is -0.864. The Balaban J connectivity index is 0.802. The summed E-state index contributed by atoms with van der Waals surface area (Å²) < 4.78 is 65.2. The van der Waals surface area contributed by atoms with Crippen molar-refractivity contribution in [3.63, 3.8) is 0 Å². The Bertz CT molecular complexity index is 1590. The molecule has 0 amide bonds. The summed E-state index contributed by atoms with van der Waals surface area (Å²) in [5, 5.41) is 0. The van der Waals surface area contributed by atoms with E-state index in [0.29, 0.717) is 103 Å². The average molecular weight is 935 g/mol. The minimum absolute atomic E-state index is 0.109. The lowest BCUT2D eigenvalue weighted by Gasteiger charge is -2.31. The molecule has 6 rings (SSSR count). The molecule has 6 aliphatic rings. The summed E-state index contributed by atoms with van der Waals surface area (Å²) >= 11 is 0. The second kappa shape index (κ2) is 25.0. The molecule has 2 saturated heterocycles. The highest BCUT2D eigenvalue weighted by Gasteiger charge is 2.52. The van der Waals surface area contributed by atoms with E-state index >= 15 is 0 Å². The highest BCUT2D eigenvalue weighted by molar-refractivity contribution is 5.81. The van der Waals surface area contributed by atoms with Gasteiger partial charge in [0.2, 0.25) is 0 Å². The number of fused-ring (bicyclic) bond motifs is 1. The fourth-order valence-electron chi connectivity index (χ4n) is 9.30. The third kappa shape index (κ3) is 14.9. The molecule has 0 N–H and O–H groups in total. The van der Waals surface area contributed by atoms with E-state index in [-0.39, 0.29) is 112 Å². The Morgan fingerprint density at radius 2 is 0.652 bits per heavy atom. The quantitative estimate of drug-likeness (QED) is 0.0782. The Hall–Kier alpha value is -5.24. The van der Waals surface area contributed by atoms with Crippen LogP contribution in [0.4, 0.5) is 9.59 Å². The molecular formula is C46H62O20. The van der Waals surface area contributed by atoms with Crippen molar-refractivity contribution in [1.82, 2.24) is 0 Å². The predicted octanol–water partition coefficient (Wildman–Crippen LogP) is 4.69. The van der Waals surface area contributed by atoms with Crippen LogP contribution in [0.1, 0.15) is 103 Å². The van der Waals surface area contributed by atoms with Gasteiger partial charge >= 0.3 is 48.1 Å². The zero-order valence-electron chi connectivity index (χ0n) is 37.2. The van der Waals surface area contributed by atoms with Gasteiger partial charge in [0, 0.05) is 12.2 Å². The molecule has 4 atom stereocenters. The first-order valence-electron chi connectivity index (χ1n) is 23.2. The van der Waals surface area contributed by atoms with Crippen LogP contribution in [0, 0.1) is 23.7 Å². The lowest BCUT2D eigenvalue weighted by molar-refractivity contribution is -0.164. The van der Waals surface area contributed by atoms with Crippen LogP contribution in [-0.2, 0) is 85.6 Å². The first-order valence-corrected chi connectivity index (χ1v) is 23.2. The average Bonchev–Trinajstić information content (AvgIpc) is 3.92. The summed E-state index contributed by atoms with van der Waals surface area (Å²) in [6.45, 7) is 6.27. The van der Waals surface area contributed by atoms with Gasteiger partial charge in [-0.05, 0) is 103 Å². The van der Waals surface area contributed by atoms with Crippen LogP contribution in [0.25, 0.3) is 0 Å². The Morgan fingerprint density at radius 3 is 0.955 bits per heavy atom. The fraction of sp³-hybridized carbons (Fsp3) is 0.739. The monoisotopic (exact) mass is 934 g/mol. The molecule has 0 bridgehead atoms. The maximum atomic E-state index is 13.2. The summed E-state index contributed by atoms with van der Waals surface area (Å²) in [6, 6.07) is 0. The smallest absolute Gasteiger partial charge is 0.462 e. The standard InChI is InChI=1S/C46H62O20/c1-3-37(47)55-21-23-57-45(53)63-33-17-9-27(10-18-33)41(49)61-31-13-5-29(6-14-31)43(51)65-35-25-59-40-36(26-60-39(35)40)66-44(52)30-7-15-32(16-8-30)62-42(50)28-11-19-34(20-12-28)64-46(54)58-24-22-56-38(48)4-2/h3-4,27-36,39-40H,1-2,5-26H2/t27?,28?,29?,30?,31?,32?,33?,34?,35-,36+,39-,40-/m1/s1. The molecule has 0 aromatic rings. The van der Waals surface area contributed by atoms with Crippen LogP contribution < -0.4 is 0 Å². The molecule has 66 heavy (non-hydrogen) atoms. The second-order valence-corrected chi connectivity index (χ2v) is 17.5. The molecule has 20 heteroatoms. The van der Waals surface area contributed by atoms with Crippen LogP contribution in [0.3, 0.4) is 0 Å². The van der Waals surface area contributed by atoms with Crippen LogP contribution >= 0.6 is 0 Å². The Morgan fingerprint density at radius 1 is 0.379 bits per heavy atom. The zero-order valence-corrected chi connectivity index (χ0v) is 37.2. The largest absolute Gasteiger partial charge is 0.508 e. The molecule has 0 aromatic carbocycles. The molecule has 0 unspecified atom stereocenters. The lowest BCUT2D eigenvalue weighted by atomic mass is 9.86. The lowest BCUT2D eigenvalue weighted by Crippen LogP contribution is -2.39. The third-order valence-corrected chi connectivity index (χ3v) is 13.0. The van der Waals surface area contributed by atoms with Gasteiger partial charge in [-0.25, -0.2) is 19.2 Å². The van der Waals surface area contributed by atoms with Crippen LogP contribution in [-0.4, -0.2) is 137 Å². The number of esters is 6. The Kier molecular flexibility index (Phi) is 19.0. The second-order valence-electron chi connectivity index (χ2n) is 17.5. The van der Waals surface area contributed by atoms with E-state index in [4.69, 9.17) is 56.8 Å². The van der Waals surface area contributed by atoms with E-state index in [0.717, 1.165) is 12.2 Å². The number of carbonyl (C=O) groups is 8. The van der Waals surface area contributed by atoms with Gasteiger partial charge in [0.05, 0.1) is 36.9 Å². The summed E-state index contributed by atoms with van der Waals surface area (Å²) in [4.78, 5) is 98.4. The number of hydrogen-bond acceptors (Lipinski definition) is 20. The van der Waals surface area contributed by atoms with Gasteiger partial charge in [-0.1, -0.05) is 13.2 Å². The van der Waals surface area contributed by atoms with E-state index in [1.807, 2.05) is 0 Å². The van der Waals surface area contributed by atoms with Crippen LogP contribution in [0.15, 0.2) is 25.3 Å². The molecule has 0 aromatic heterocycles. The third-order valence-electron chi connectivity index (χ3n) is 13.0. The van der Waals surface area contributed by atoms with Crippen molar-refractivity contribution in [3.05, 3.63) is 25.3 Å². The van der Waals surface area contributed by atoms with E-state index in [9.17, 15) is 38.4 Å². The van der Waals surface area contributed by atoms with Crippen molar-refractivity contribution in [1.29, 1.82) is 0 Å². The number of ether oxygens (including phenoxy) is 12. The summed E-state index contributed by atoms with van der Waals surface area (Å²) in [5.41, 5.74) is 0. The highest BCUT2D eigenvalue weighted by Crippen LogP contribution is 2.36. The normalized spacial score (nSPS) is 31.6. The topological polar surface area (TPSA) is 247 Å². The van der Waals surface area contributed by atoms with Gasteiger partial charge in [0.1, 0.15) is 63.1 Å². The van der Waals surface area contributed by atoms with E-state index < -0.39 is 48.7 Å². The molecule has 366 valence electrons. The maximum Gasteiger partial charge on any atom is 0.508 e. The molecular weight excluding hydrogens is 872 g/mol. The van der Waals surface area contributed by atoms with Crippen molar-refractivity contribution >= 4 is 48.1 Å². The van der Waals surface area contributed by atoms with Gasteiger partial charge in [-0.2, -0.15) is 0 Å². The highest BCUT2D eigenvalue weighted by atomic mass is 16.7. The van der Waals surface area contributed by atoms with Gasteiger partial charge in [0.25, 0.3) is 0 Å². The summed E-state index contributed by atoms with van der Waals surface area (Å²) in [6.07, 6.45) is 4.39. The van der Waals surface area contributed by atoms with Crippen LogP contribution in [0.5, 0.6) is 0 Å². The molecule has 0 spiro atoms. The van der Waals surface area contributed by atoms with Crippen LogP contribution in [0.2, 0.25) is 0 Å². The fourth-order valence-corrected chi connectivity index (χ4v) is 9.30. The predicted molar refractivity (Wildman–Crippen MR) is 222 cm³/mol. The summed E-state index contributed by atoms with van der Waals surface area (Å²) in [5.74, 6) is -3.94. The minimum Gasteiger partial charge on any atom is -0.462 e. The molecule has 4 aliphatic carbocycles.